The van der Waals surface area contributed by atoms with E-state index in [9.17, 15) is 9.18 Å². The Kier molecular flexibility index (Phi) is 4.94. The van der Waals surface area contributed by atoms with Gasteiger partial charge in [0.15, 0.2) is 11.5 Å². The fourth-order valence-corrected chi connectivity index (χ4v) is 3.75. The molecule has 1 saturated heterocycles. The second kappa shape index (κ2) is 7.89. The number of piperidine rings is 1. The van der Waals surface area contributed by atoms with Crippen molar-refractivity contribution in [3.63, 3.8) is 0 Å². The summed E-state index contributed by atoms with van der Waals surface area (Å²) in [4.78, 5) is 23.5. The van der Waals surface area contributed by atoms with Gasteiger partial charge in [-0.15, -0.1) is 0 Å². The van der Waals surface area contributed by atoms with Crippen molar-refractivity contribution in [3.8, 4) is 17.3 Å². The van der Waals surface area contributed by atoms with Crippen LogP contribution in [0.5, 0.6) is 5.88 Å². The number of amides is 1. The maximum Gasteiger partial charge on any atom is 0.276 e. The van der Waals surface area contributed by atoms with Crippen molar-refractivity contribution < 1.29 is 18.3 Å². The number of carbonyl (C=O) groups is 1. The second-order valence-electron chi connectivity index (χ2n) is 7.77. The normalized spacial score (nSPS) is 17.2. The third kappa shape index (κ3) is 3.79. The molecule has 154 valence electrons. The molecule has 30 heavy (non-hydrogen) atoms. The zero-order valence-electron chi connectivity index (χ0n) is 16.5. The summed E-state index contributed by atoms with van der Waals surface area (Å²) in [5, 5.41) is 0. The van der Waals surface area contributed by atoms with Crippen LogP contribution in [-0.2, 0) is 0 Å². The molecule has 7 heteroatoms. The Morgan fingerprint density at radius 1 is 1.07 bits per heavy atom. The van der Waals surface area contributed by atoms with E-state index in [2.05, 4.69) is 9.97 Å². The fraction of sp³-hybridized carbons (Fsp3) is 0.348. The average Bonchev–Trinajstić information content (AvgIpc) is 3.54. The highest BCUT2D eigenvalue weighted by atomic mass is 19.1. The van der Waals surface area contributed by atoms with Crippen LogP contribution in [0.4, 0.5) is 4.39 Å². The van der Waals surface area contributed by atoms with Gasteiger partial charge in [0, 0.05) is 43.6 Å². The van der Waals surface area contributed by atoms with Crippen LogP contribution in [0.1, 0.15) is 47.8 Å². The van der Waals surface area contributed by atoms with Gasteiger partial charge in [-0.05, 0) is 37.1 Å². The first kappa shape index (κ1) is 18.8. The van der Waals surface area contributed by atoms with Gasteiger partial charge < -0.3 is 14.1 Å². The van der Waals surface area contributed by atoms with Gasteiger partial charge in [-0.3, -0.25) is 4.79 Å². The van der Waals surface area contributed by atoms with Gasteiger partial charge in [0.1, 0.15) is 11.9 Å². The molecule has 0 atom stereocenters. The van der Waals surface area contributed by atoms with Gasteiger partial charge in [0.2, 0.25) is 5.89 Å². The first-order chi connectivity index (χ1) is 14.7. The number of halogens is 1. The van der Waals surface area contributed by atoms with Crippen LogP contribution in [0.15, 0.2) is 53.1 Å². The van der Waals surface area contributed by atoms with Crippen molar-refractivity contribution >= 4 is 5.91 Å². The molecule has 1 aliphatic heterocycles. The highest BCUT2D eigenvalue weighted by Gasteiger charge is 2.36. The molecule has 1 amide bonds. The molecular weight excluding hydrogens is 385 g/mol. The zero-order chi connectivity index (χ0) is 20.5. The van der Waals surface area contributed by atoms with Crippen LogP contribution in [0, 0.1) is 5.82 Å². The number of hydrogen-bond acceptors (Lipinski definition) is 5. The first-order valence-electron chi connectivity index (χ1n) is 10.3. The number of ether oxygens (including phenoxy) is 1. The Bertz CT molecular complexity index is 1040. The molecule has 2 aliphatic rings. The zero-order valence-corrected chi connectivity index (χ0v) is 16.5. The van der Waals surface area contributed by atoms with E-state index in [0.717, 1.165) is 18.4 Å². The number of oxazole rings is 1. The number of pyridine rings is 1. The van der Waals surface area contributed by atoms with E-state index in [1.807, 2.05) is 30.3 Å². The number of likely N-dealkylation sites (tertiary alicyclic amines) is 1. The number of aromatic nitrogens is 2. The number of carbonyl (C=O) groups excluding carboxylic acids is 1. The van der Waals surface area contributed by atoms with E-state index in [4.69, 9.17) is 9.15 Å². The maximum absolute atomic E-state index is 13.8. The van der Waals surface area contributed by atoms with Crippen molar-refractivity contribution in [2.45, 2.75) is 37.7 Å². The van der Waals surface area contributed by atoms with E-state index >= 15 is 0 Å². The Balaban J connectivity index is 1.29. The molecule has 5 rings (SSSR count). The molecule has 3 heterocycles. The number of hydrogen-bond donors (Lipinski definition) is 0. The van der Waals surface area contributed by atoms with Crippen LogP contribution in [0.25, 0.3) is 11.5 Å². The van der Waals surface area contributed by atoms with Crippen LogP contribution >= 0.6 is 0 Å². The van der Waals surface area contributed by atoms with Gasteiger partial charge >= 0.3 is 0 Å². The summed E-state index contributed by atoms with van der Waals surface area (Å²) in [5.74, 6) is 0.910. The minimum atomic E-state index is -0.471. The molecule has 0 unspecified atom stereocenters. The van der Waals surface area contributed by atoms with Crippen molar-refractivity contribution in [1.82, 2.24) is 14.9 Å². The molecule has 0 bridgehead atoms. The highest BCUT2D eigenvalue weighted by molar-refractivity contribution is 5.94. The number of benzene rings is 1. The summed E-state index contributed by atoms with van der Waals surface area (Å²) in [7, 11) is 0. The molecule has 0 spiro atoms. The molecule has 2 aromatic heterocycles. The predicted octanol–water partition coefficient (Wildman–Crippen LogP) is 4.44. The molecule has 0 radical (unpaired) electrons. The summed E-state index contributed by atoms with van der Waals surface area (Å²) in [6.07, 6.45) is 4.61. The van der Waals surface area contributed by atoms with E-state index in [1.165, 1.54) is 18.3 Å². The topological polar surface area (TPSA) is 68.5 Å². The van der Waals surface area contributed by atoms with E-state index in [0.29, 0.717) is 43.3 Å². The Morgan fingerprint density at radius 2 is 1.83 bits per heavy atom. The second-order valence-corrected chi connectivity index (χ2v) is 7.77. The molecule has 1 saturated carbocycles. The Morgan fingerprint density at radius 3 is 2.53 bits per heavy atom. The third-order valence-corrected chi connectivity index (χ3v) is 5.56. The van der Waals surface area contributed by atoms with Crippen molar-refractivity contribution in [2.75, 3.05) is 13.1 Å². The maximum atomic E-state index is 13.8. The Hall–Kier alpha value is -3.22. The van der Waals surface area contributed by atoms with Crippen LogP contribution in [0.2, 0.25) is 0 Å². The predicted molar refractivity (Wildman–Crippen MR) is 108 cm³/mol. The minimum absolute atomic E-state index is 0.0160. The van der Waals surface area contributed by atoms with Gasteiger partial charge in [-0.2, -0.15) is 0 Å². The van der Waals surface area contributed by atoms with Gasteiger partial charge in [-0.1, -0.05) is 18.2 Å². The molecule has 3 aromatic rings. The molecule has 6 nitrogen and oxygen atoms in total. The SMILES string of the molecule is O=C(c1nc(-c2ccccc2)oc1C1CC1)N1CCC(Oc2ncccc2F)CC1. The first-order valence-corrected chi connectivity index (χ1v) is 10.3. The quantitative estimate of drug-likeness (QED) is 0.626. The molecule has 2 fully saturated rings. The lowest BCUT2D eigenvalue weighted by atomic mass is 10.1. The molecule has 1 aromatic carbocycles. The van der Waals surface area contributed by atoms with Crippen LogP contribution in [0.3, 0.4) is 0 Å². The summed E-state index contributed by atoms with van der Waals surface area (Å²) >= 11 is 0. The summed E-state index contributed by atoms with van der Waals surface area (Å²) in [6, 6.07) is 12.5. The lowest BCUT2D eigenvalue weighted by molar-refractivity contribution is 0.0572. The fourth-order valence-electron chi connectivity index (χ4n) is 3.75. The summed E-state index contributed by atoms with van der Waals surface area (Å²) in [5.41, 5.74) is 1.29. The minimum Gasteiger partial charge on any atom is -0.472 e. The molecular formula is C23H22FN3O3. The lowest BCUT2D eigenvalue weighted by Crippen LogP contribution is -2.42. The van der Waals surface area contributed by atoms with E-state index in [1.54, 1.807) is 4.90 Å². The van der Waals surface area contributed by atoms with E-state index < -0.39 is 5.82 Å². The van der Waals surface area contributed by atoms with Crippen molar-refractivity contribution in [3.05, 3.63) is 65.9 Å². The largest absolute Gasteiger partial charge is 0.472 e. The van der Waals surface area contributed by atoms with Gasteiger partial charge in [0.05, 0.1) is 0 Å². The molecule has 1 aliphatic carbocycles. The smallest absolute Gasteiger partial charge is 0.276 e. The van der Waals surface area contributed by atoms with Gasteiger partial charge in [-0.25, -0.2) is 14.4 Å². The number of nitrogens with zero attached hydrogens (tertiary/aromatic N) is 3. The molecule has 0 N–H and O–H groups in total. The third-order valence-electron chi connectivity index (χ3n) is 5.56. The summed E-state index contributed by atoms with van der Waals surface area (Å²) < 4.78 is 25.5. The van der Waals surface area contributed by atoms with Gasteiger partial charge in [0.25, 0.3) is 11.8 Å². The number of rotatable bonds is 5. The van der Waals surface area contributed by atoms with Crippen molar-refractivity contribution in [2.24, 2.45) is 0 Å². The standard InChI is InChI=1S/C23H22FN3O3/c24-18-7-4-12-25-22(18)29-17-10-13-27(14-11-17)23(28)19-20(15-8-9-15)30-21(26-19)16-5-2-1-3-6-16/h1-7,12,15,17H,8-11,13-14H2. The van der Waals surface area contributed by atoms with Crippen LogP contribution < -0.4 is 4.74 Å². The summed E-state index contributed by atoms with van der Waals surface area (Å²) in [6.45, 7) is 1.05. The van der Waals surface area contributed by atoms with Crippen LogP contribution in [-0.4, -0.2) is 40.0 Å². The lowest BCUT2D eigenvalue weighted by Gasteiger charge is -2.31. The highest BCUT2D eigenvalue weighted by Crippen LogP contribution is 2.43. The van der Waals surface area contributed by atoms with E-state index in [-0.39, 0.29) is 23.8 Å². The van der Waals surface area contributed by atoms with Crippen molar-refractivity contribution in [1.29, 1.82) is 0 Å². The Labute approximate surface area is 173 Å². The average molecular weight is 407 g/mol. The monoisotopic (exact) mass is 407 g/mol.